The summed E-state index contributed by atoms with van der Waals surface area (Å²) in [7, 11) is -3.13. The molecule has 0 saturated carbocycles. The van der Waals surface area contributed by atoms with Crippen LogP contribution in [0.3, 0.4) is 0 Å². The molecule has 1 heterocycles. The van der Waals surface area contributed by atoms with Crippen molar-refractivity contribution in [1.29, 1.82) is 0 Å². The van der Waals surface area contributed by atoms with Gasteiger partial charge in [0.1, 0.15) is 5.75 Å². The molecule has 24 heavy (non-hydrogen) atoms. The van der Waals surface area contributed by atoms with E-state index in [4.69, 9.17) is 4.74 Å². The van der Waals surface area contributed by atoms with Gasteiger partial charge in [-0.25, -0.2) is 12.7 Å². The van der Waals surface area contributed by atoms with Gasteiger partial charge in [-0.15, -0.1) is 0 Å². The molecule has 134 valence electrons. The molecule has 1 aromatic rings. The van der Waals surface area contributed by atoms with Crippen molar-refractivity contribution >= 4 is 15.9 Å². The third-order valence-electron chi connectivity index (χ3n) is 4.29. The average Bonchev–Trinajstić information content (AvgIpc) is 2.60. The molecule has 1 aliphatic heterocycles. The van der Waals surface area contributed by atoms with Gasteiger partial charge in [0.05, 0.1) is 5.75 Å². The summed E-state index contributed by atoms with van der Waals surface area (Å²) < 4.78 is 30.8. The predicted octanol–water partition coefficient (Wildman–Crippen LogP) is 1.56. The van der Waals surface area contributed by atoms with Crippen molar-refractivity contribution in [2.75, 3.05) is 25.4 Å². The zero-order valence-corrected chi connectivity index (χ0v) is 15.1. The van der Waals surface area contributed by atoms with Gasteiger partial charge < -0.3 is 10.1 Å². The number of piperidine rings is 1. The molecule has 2 rings (SSSR count). The number of hydrogen-bond donors (Lipinski definition) is 1. The molecular weight excluding hydrogens is 328 g/mol. The van der Waals surface area contributed by atoms with Crippen LogP contribution >= 0.6 is 0 Å². The summed E-state index contributed by atoms with van der Waals surface area (Å²) in [6.45, 7) is 4.58. The molecule has 1 amide bonds. The number of rotatable bonds is 7. The normalized spacial score (nSPS) is 16.8. The summed E-state index contributed by atoms with van der Waals surface area (Å²) in [5.74, 6) is 0.686. The minimum Gasteiger partial charge on any atom is -0.483 e. The molecule has 1 aromatic carbocycles. The first-order chi connectivity index (χ1) is 11.5. The van der Waals surface area contributed by atoms with Crippen LogP contribution < -0.4 is 10.1 Å². The Morgan fingerprint density at radius 1 is 1.25 bits per heavy atom. The van der Waals surface area contributed by atoms with Crippen molar-refractivity contribution in [2.45, 2.75) is 39.2 Å². The van der Waals surface area contributed by atoms with Gasteiger partial charge >= 0.3 is 0 Å². The lowest BCUT2D eigenvalue weighted by Gasteiger charge is -2.31. The number of sulfonamides is 1. The van der Waals surface area contributed by atoms with Crippen LogP contribution in [0.25, 0.3) is 0 Å². The summed E-state index contributed by atoms with van der Waals surface area (Å²) in [5, 5.41) is 2.93. The highest BCUT2D eigenvalue weighted by molar-refractivity contribution is 7.89. The summed E-state index contributed by atoms with van der Waals surface area (Å²) in [5.41, 5.74) is 1.07. The molecular formula is C17H26N2O4S. The molecule has 7 heteroatoms. The van der Waals surface area contributed by atoms with Gasteiger partial charge in [0.2, 0.25) is 10.0 Å². The molecule has 0 radical (unpaired) electrons. The first-order valence-corrected chi connectivity index (χ1v) is 10.0. The second kappa shape index (κ2) is 8.48. The van der Waals surface area contributed by atoms with Gasteiger partial charge in [0.15, 0.2) is 6.61 Å². The van der Waals surface area contributed by atoms with Crippen molar-refractivity contribution in [3.63, 3.8) is 0 Å². The van der Waals surface area contributed by atoms with Gasteiger partial charge in [0, 0.05) is 19.1 Å². The maximum Gasteiger partial charge on any atom is 0.258 e. The number of benzene rings is 1. The highest BCUT2D eigenvalue weighted by Gasteiger charge is 2.27. The number of hydrogen-bond acceptors (Lipinski definition) is 4. The topological polar surface area (TPSA) is 75.7 Å². The highest BCUT2D eigenvalue weighted by Crippen LogP contribution is 2.18. The Hall–Kier alpha value is -1.60. The van der Waals surface area contributed by atoms with E-state index in [0.29, 0.717) is 25.9 Å². The lowest BCUT2D eigenvalue weighted by Crippen LogP contribution is -2.47. The maximum absolute atomic E-state index is 12.1. The number of nitrogens with zero attached hydrogens (tertiary/aromatic N) is 1. The largest absolute Gasteiger partial charge is 0.483 e. The Bertz CT molecular complexity index is 652. The van der Waals surface area contributed by atoms with E-state index < -0.39 is 10.0 Å². The van der Waals surface area contributed by atoms with Gasteiger partial charge in [0.25, 0.3) is 5.91 Å². The fourth-order valence-electron chi connectivity index (χ4n) is 2.81. The SMILES string of the molecule is CCc1ccccc1OCC(=O)NC1CCN(S(=O)(=O)CC)CC1. The number of amides is 1. The van der Waals surface area contributed by atoms with Crippen LogP contribution in [-0.4, -0.2) is 50.1 Å². The van der Waals surface area contributed by atoms with E-state index in [1.165, 1.54) is 4.31 Å². The lowest BCUT2D eigenvalue weighted by molar-refractivity contribution is -0.124. The second-order valence-corrected chi connectivity index (χ2v) is 8.15. The summed E-state index contributed by atoms with van der Waals surface area (Å²) in [6.07, 6.45) is 2.12. The number of ether oxygens (including phenoxy) is 1. The van der Waals surface area contributed by atoms with Gasteiger partial charge in [-0.05, 0) is 37.8 Å². The van der Waals surface area contributed by atoms with Crippen molar-refractivity contribution in [2.24, 2.45) is 0 Å². The molecule has 1 fully saturated rings. The number of para-hydroxylation sites is 1. The number of nitrogens with one attached hydrogen (secondary N) is 1. The van der Waals surface area contributed by atoms with Crippen LogP contribution in [0.4, 0.5) is 0 Å². The molecule has 0 bridgehead atoms. The zero-order valence-electron chi connectivity index (χ0n) is 14.3. The van der Waals surface area contributed by atoms with E-state index in [9.17, 15) is 13.2 Å². The standard InChI is InChI=1S/C17H26N2O4S/c1-3-14-7-5-6-8-16(14)23-13-17(20)18-15-9-11-19(12-10-15)24(21,22)4-2/h5-8,15H,3-4,9-13H2,1-2H3,(H,18,20). The van der Waals surface area contributed by atoms with Crippen LogP contribution in [0.2, 0.25) is 0 Å². The van der Waals surface area contributed by atoms with Gasteiger partial charge in [-0.3, -0.25) is 4.79 Å². The molecule has 0 unspecified atom stereocenters. The fraction of sp³-hybridized carbons (Fsp3) is 0.588. The van der Waals surface area contributed by atoms with Crippen LogP contribution in [0.1, 0.15) is 32.3 Å². The van der Waals surface area contributed by atoms with Crippen molar-refractivity contribution in [1.82, 2.24) is 9.62 Å². The number of carbonyl (C=O) groups excluding carboxylic acids is 1. The molecule has 6 nitrogen and oxygen atoms in total. The summed E-state index contributed by atoms with van der Waals surface area (Å²) in [4.78, 5) is 12.1. The Kier molecular flexibility index (Phi) is 6.62. The van der Waals surface area contributed by atoms with Gasteiger partial charge in [-0.2, -0.15) is 0 Å². The minimum atomic E-state index is -3.13. The minimum absolute atomic E-state index is 0.00539. The van der Waals surface area contributed by atoms with E-state index in [1.807, 2.05) is 31.2 Å². The van der Waals surface area contributed by atoms with Crippen LogP contribution in [0, 0.1) is 0 Å². The smallest absolute Gasteiger partial charge is 0.258 e. The maximum atomic E-state index is 12.1. The third kappa shape index (κ3) is 4.95. The Morgan fingerprint density at radius 2 is 1.92 bits per heavy atom. The Labute approximate surface area is 144 Å². The van der Waals surface area contributed by atoms with E-state index in [1.54, 1.807) is 6.92 Å². The van der Waals surface area contributed by atoms with E-state index in [0.717, 1.165) is 17.7 Å². The summed E-state index contributed by atoms with van der Waals surface area (Å²) >= 11 is 0. The fourth-order valence-corrected chi connectivity index (χ4v) is 3.94. The van der Waals surface area contributed by atoms with Crippen molar-refractivity contribution in [3.8, 4) is 5.75 Å². The quantitative estimate of drug-likeness (QED) is 0.806. The molecule has 0 aliphatic carbocycles. The third-order valence-corrected chi connectivity index (χ3v) is 6.17. The van der Waals surface area contributed by atoms with Gasteiger partial charge in [-0.1, -0.05) is 25.1 Å². The molecule has 1 saturated heterocycles. The molecule has 1 N–H and O–H groups in total. The zero-order chi connectivity index (χ0) is 17.6. The molecule has 0 atom stereocenters. The van der Waals surface area contributed by atoms with E-state index in [-0.39, 0.29) is 24.3 Å². The Morgan fingerprint density at radius 3 is 2.54 bits per heavy atom. The van der Waals surface area contributed by atoms with Crippen molar-refractivity contribution < 1.29 is 17.9 Å². The van der Waals surface area contributed by atoms with Crippen LogP contribution in [-0.2, 0) is 21.2 Å². The molecule has 1 aliphatic rings. The highest BCUT2D eigenvalue weighted by atomic mass is 32.2. The van der Waals surface area contributed by atoms with E-state index in [2.05, 4.69) is 5.32 Å². The average molecular weight is 354 g/mol. The molecule has 0 aromatic heterocycles. The molecule has 0 spiro atoms. The van der Waals surface area contributed by atoms with Crippen LogP contribution in [0.15, 0.2) is 24.3 Å². The summed E-state index contributed by atoms with van der Waals surface area (Å²) in [6, 6.07) is 7.68. The van der Waals surface area contributed by atoms with Crippen molar-refractivity contribution in [3.05, 3.63) is 29.8 Å². The predicted molar refractivity (Wildman–Crippen MR) is 93.5 cm³/mol. The van der Waals surface area contributed by atoms with Crippen LogP contribution in [0.5, 0.6) is 5.75 Å². The second-order valence-electron chi connectivity index (χ2n) is 5.89. The number of carbonyl (C=O) groups is 1. The number of aryl methyl sites for hydroxylation is 1. The Balaban J connectivity index is 1.78. The monoisotopic (exact) mass is 354 g/mol. The lowest BCUT2D eigenvalue weighted by atomic mass is 10.1. The first kappa shape index (κ1) is 18.7. The van der Waals surface area contributed by atoms with E-state index >= 15 is 0 Å². The first-order valence-electron chi connectivity index (χ1n) is 8.44.